The van der Waals surface area contributed by atoms with Crippen LogP contribution in [0, 0.1) is 5.21 Å². The van der Waals surface area contributed by atoms with Crippen molar-refractivity contribution in [3.8, 4) is 0 Å². The van der Waals surface area contributed by atoms with Gasteiger partial charge >= 0.3 is 0 Å². The predicted octanol–water partition coefficient (Wildman–Crippen LogP) is 28.3. The summed E-state index contributed by atoms with van der Waals surface area (Å²) in [5, 5.41) is 33.4. The summed E-state index contributed by atoms with van der Waals surface area (Å²) in [6.07, 6.45) is 81.5. The monoisotopic (exact) mass is 1880 g/mol. The molecule has 0 unspecified atom stereocenters. The zero-order valence-corrected chi connectivity index (χ0v) is 74.4. The molecule has 0 fully saturated rings. The Kier molecular flexibility index (Phi) is 68.5. The number of H-pyrrole nitrogens is 1. The Morgan fingerprint density at radius 2 is 0.830 bits per heavy atom. The van der Waals surface area contributed by atoms with E-state index in [1.807, 2.05) is 207 Å². The van der Waals surface area contributed by atoms with Crippen LogP contribution in [0.4, 0.5) is 17.1 Å². The molecule has 17 heterocycles. The number of pyridine rings is 9. The summed E-state index contributed by atoms with van der Waals surface area (Å²) in [7, 11) is 0. The lowest BCUT2D eigenvalue weighted by atomic mass is 10.1. The Morgan fingerprint density at radius 3 is 1.30 bits per heavy atom. The molecule has 141 heavy (non-hydrogen) atoms. The Bertz CT molecular complexity index is 5310. The Hall–Kier alpha value is -17.6. The van der Waals surface area contributed by atoms with E-state index in [9.17, 15) is 5.21 Å². The fraction of sp³-hybridized carbons (Fsp3) is 0.164. The van der Waals surface area contributed by atoms with Gasteiger partial charge < -0.3 is 10.2 Å². The number of azo groups is 2. The van der Waals surface area contributed by atoms with Gasteiger partial charge in [0.05, 0.1) is 83.4 Å². The fourth-order valence-electron chi connectivity index (χ4n) is 11.5. The van der Waals surface area contributed by atoms with Gasteiger partial charge in [0.15, 0.2) is 12.4 Å². The van der Waals surface area contributed by atoms with Gasteiger partial charge in [0.1, 0.15) is 25.3 Å². The van der Waals surface area contributed by atoms with Crippen molar-refractivity contribution in [2.45, 2.75) is 123 Å². The van der Waals surface area contributed by atoms with Crippen molar-refractivity contribution in [2.75, 3.05) is 6.54 Å². The van der Waals surface area contributed by atoms with Crippen molar-refractivity contribution < 1.29 is 4.73 Å². The van der Waals surface area contributed by atoms with Gasteiger partial charge in [-0.3, -0.25) is 54.8 Å². The van der Waals surface area contributed by atoms with Crippen molar-refractivity contribution in [1.29, 1.82) is 0 Å². The van der Waals surface area contributed by atoms with E-state index in [1.54, 1.807) is 105 Å². The second-order valence-electron chi connectivity index (χ2n) is 27.7. The van der Waals surface area contributed by atoms with Gasteiger partial charge in [-0.05, 0) is 169 Å². The summed E-state index contributed by atoms with van der Waals surface area (Å²) in [6, 6.07) is 82.9. The molecule has 0 bridgehead atoms. The van der Waals surface area contributed by atoms with E-state index < -0.39 is 0 Å². The number of aliphatic imine (C=N–C) groups is 3. The molecule has 25 nitrogen and oxygen atoms in total. The summed E-state index contributed by atoms with van der Waals surface area (Å²) < 4.78 is 0.750. The van der Waals surface area contributed by atoms with Crippen molar-refractivity contribution in [3.63, 3.8) is 0 Å². The zero-order chi connectivity index (χ0) is 92.8. The van der Waals surface area contributed by atoms with Crippen LogP contribution in [-0.4, -0.2) is 105 Å². The van der Waals surface area contributed by atoms with Crippen LogP contribution in [0.25, 0.3) is 34.1 Å². The molecule has 25 heteroatoms. The third kappa shape index (κ3) is 53.9. The van der Waals surface area contributed by atoms with Crippen LogP contribution in [-0.2, 0) is 38.8 Å². The molecule has 12 aromatic heterocycles. The minimum atomic E-state index is 0. The Balaban J connectivity index is 0.000000505. The molecule has 26 rings (SSSR count). The normalized spacial score (nSPS) is 11.5. The molecule has 0 spiro atoms. The van der Waals surface area contributed by atoms with E-state index in [0.29, 0.717) is 0 Å². The first kappa shape index (κ1) is 119. The third-order valence-electron chi connectivity index (χ3n) is 18.0. The van der Waals surface area contributed by atoms with E-state index in [0.717, 1.165) is 109 Å². The molecule has 0 amide bonds. The predicted molar refractivity (Wildman–Crippen MR) is 586 cm³/mol. The number of hydrogen-bond acceptors (Lipinski definition) is 23. The average molecular weight is 1880 g/mol. The molecule has 0 radical (unpaired) electrons. The molecule has 5 aliphatic heterocycles. The molecule has 0 saturated heterocycles. The van der Waals surface area contributed by atoms with Gasteiger partial charge in [0.25, 0.3) is 0 Å². The smallest absolute Gasteiger partial charge is 0.180 e. The van der Waals surface area contributed by atoms with Crippen LogP contribution in [0.5, 0.6) is 0 Å². The number of benzene rings is 5. The summed E-state index contributed by atoms with van der Waals surface area (Å²) in [5.74, 6) is 0. The average Bonchev–Trinajstić information content (AvgIpc) is 1.55. The van der Waals surface area contributed by atoms with Crippen molar-refractivity contribution in [1.82, 2.24) is 80.0 Å². The maximum absolute atomic E-state index is 10.2. The number of aromatic amines is 1. The minimum Gasteiger partial charge on any atom is -0.619 e. The summed E-state index contributed by atoms with van der Waals surface area (Å²) in [4.78, 5) is 65.2. The maximum Gasteiger partial charge on any atom is 0.180 e. The lowest BCUT2D eigenvalue weighted by Gasteiger charge is -1.93. The van der Waals surface area contributed by atoms with E-state index in [1.165, 1.54) is 107 Å². The fourth-order valence-corrected chi connectivity index (χ4v) is 11.5. The summed E-state index contributed by atoms with van der Waals surface area (Å²) in [6.45, 7) is 2.50. The molecule has 724 valence electrons. The van der Waals surface area contributed by atoms with Gasteiger partial charge in [-0.15, -0.1) is 5.10 Å². The molecule has 0 atom stereocenters. The number of allylic oxidation sites excluding steroid dienone is 10. The van der Waals surface area contributed by atoms with Gasteiger partial charge in [-0.25, -0.2) is 24.9 Å². The van der Waals surface area contributed by atoms with E-state index in [4.69, 9.17) is 0 Å². The van der Waals surface area contributed by atoms with Crippen molar-refractivity contribution >= 4 is 69.8 Å². The van der Waals surface area contributed by atoms with E-state index in [2.05, 4.69) is 255 Å². The molecular weight excluding hydrogens is 1750 g/mol. The van der Waals surface area contributed by atoms with Crippen molar-refractivity contribution in [2.24, 2.45) is 35.4 Å². The van der Waals surface area contributed by atoms with Crippen LogP contribution >= 0.6 is 0 Å². The van der Waals surface area contributed by atoms with Gasteiger partial charge in [0, 0.05) is 148 Å². The maximum atomic E-state index is 10.2. The number of imidazole rings is 1. The van der Waals surface area contributed by atoms with Crippen LogP contribution in [0.1, 0.15) is 134 Å². The number of aromatic nitrogens is 17. The highest BCUT2D eigenvalue weighted by Gasteiger charge is 2.07. The first-order valence-electron chi connectivity index (χ1n) is 43.4. The number of nitrogens with zero attached hydrogens (tertiary/aromatic N) is 23. The number of para-hydroxylation sites is 2. The number of hydrogen-bond donors (Lipinski definition) is 1. The lowest BCUT2D eigenvalue weighted by molar-refractivity contribution is -0.605. The minimum absolute atomic E-state index is 0. The third-order valence-corrected chi connectivity index (χ3v) is 18.0. The molecule has 4 aliphatic carbocycles. The number of nitrogens with one attached hydrogen (secondary N) is 1. The number of rotatable bonds is 0. The Labute approximate surface area is 834 Å². The first-order chi connectivity index (χ1) is 66.6. The largest absolute Gasteiger partial charge is 0.619 e. The second kappa shape index (κ2) is 80.8. The van der Waals surface area contributed by atoms with Crippen molar-refractivity contribution in [3.05, 3.63) is 520 Å². The van der Waals surface area contributed by atoms with E-state index >= 15 is 0 Å². The summed E-state index contributed by atoms with van der Waals surface area (Å²) >= 11 is 0. The lowest BCUT2D eigenvalue weighted by Crippen LogP contribution is -2.22. The van der Waals surface area contributed by atoms with Gasteiger partial charge in [-0.1, -0.05) is 277 Å². The highest BCUT2D eigenvalue weighted by molar-refractivity contribution is 5.84. The standard InChI is InChI=1S/C9H7N.C9H8.3C8H7N.2C7H6N2.C6H5N3.2C6H8.C5H5NO.4C5H5N.C4H6N2.2C3H3N3.7CH4/c1-2-6-9-8(4-1)5-3-7-10-9;1-2-5-9-7-3-6-8(9)4-1;1-3-7-4-2-6-9-8(7)5-1;1-2-4-8-6-9-5-7(8)3-1;1-2-4-8-7(3-1)5-6-9-8;1-2-6-7(8-4-1)3-5-9-6;1-2-4-7-6(3-1)5-8-9-7;1-2-7-3-6-5(1)8-4-9-6;2*1-2-4-6-5-3-1;7-6-4-2-1-3-5-6;5*1-2-4-6-5-3-1;1-4-2-6-3-5-1;1-2-5-6-3-4-1;;;;;;;/h1-7H;1-6H,7H2;1-4,6H,5H2;1-5H,6H2;1-4,6H,5H2;1-2,4-5H,3H2;1-4H,5H2;1-4H,(H,8,9);1-2,5-6H,3-4H2;1-4H,5-6H2;1-5H;4*1-5H;1,3H,2,4H2;2*1-3H;7*1H4. The molecule has 1 N–H and O–H groups in total. The highest BCUT2D eigenvalue weighted by atomic mass is 16.5. The van der Waals surface area contributed by atoms with Crippen LogP contribution in [0.15, 0.2) is 500 Å². The molecule has 9 aliphatic rings. The molecule has 5 aromatic carbocycles. The quantitative estimate of drug-likeness (QED) is 0.0837. The van der Waals surface area contributed by atoms with Crippen LogP contribution < -0.4 is 4.73 Å². The second-order valence-corrected chi connectivity index (χ2v) is 27.7. The zero-order valence-electron chi connectivity index (χ0n) is 74.4. The highest BCUT2D eigenvalue weighted by Crippen LogP contribution is 2.26. The van der Waals surface area contributed by atoms with E-state index in [-0.39, 0.29) is 52.0 Å². The molecule has 0 saturated carbocycles. The van der Waals surface area contributed by atoms with Crippen LogP contribution in [0.3, 0.4) is 0 Å². The molecule has 17 aromatic rings. The Morgan fingerprint density at radius 1 is 0.312 bits per heavy atom. The van der Waals surface area contributed by atoms with Gasteiger partial charge in [0.2, 0.25) is 0 Å². The molecular formula is C116H134N24O. The first-order valence-corrected chi connectivity index (χ1v) is 43.4. The summed E-state index contributed by atoms with van der Waals surface area (Å²) in [5.41, 5.74) is 17.8. The number of fused-ring (bicyclic) bond motifs is 8. The van der Waals surface area contributed by atoms with Gasteiger partial charge in [-0.2, -0.15) is 30.3 Å². The van der Waals surface area contributed by atoms with Crippen LogP contribution in [0.2, 0.25) is 0 Å². The SMILES string of the molecule is C.C.C.C.C.C.C.C1=CCC=CC1.C1=CCCC=C1.C1=CN=NCC1.C1=Cc2ccccc2C1.C1=Cc2cccnc2C1.C1=NCc2ccccc21.C1=Nc2ccccc2C1.C1=Nc2cccnc2C1.[O-][n+]1ccccc1.c1cc2nc[nH]c2cn1.c1ccc2c(c1)CN=N2.c1ccc2ncccc2c1.c1ccncc1.c1ccncc1.c1ccncc1.c1ccncc1.c1cnncn1.c1ncncn1. The topological polar surface area (TPSA) is 323 Å².